The summed E-state index contributed by atoms with van der Waals surface area (Å²) in [5.41, 5.74) is 0.884. The van der Waals surface area contributed by atoms with E-state index in [4.69, 9.17) is 11.6 Å². The maximum absolute atomic E-state index is 13.1. The maximum atomic E-state index is 13.1. The van der Waals surface area contributed by atoms with Crippen molar-refractivity contribution in [1.29, 1.82) is 0 Å². The van der Waals surface area contributed by atoms with E-state index in [0.717, 1.165) is 5.56 Å². The molecule has 2 atom stereocenters. The quantitative estimate of drug-likeness (QED) is 0.880. The summed E-state index contributed by atoms with van der Waals surface area (Å²) in [7, 11) is 0. The second-order valence-electron chi connectivity index (χ2n) is 3.51. The Morgan fingerprint density at radius 3 is 2.67 bits per heavy atom. The second-order valence-corrected chi connectivity index (χ2v) is 5.28. The Kier molecular flexibility index (Phi) is 4.90. The van der Waals surface area contributed by atoms with Crippen LogP contribution in [0.15, 0.2) is 18.2 Å². The molecule has 0 heterocycles. The lowest BCUT2D eigenvalue weighted by Crippen LogP contribution is -2.15. The molecule has 0 radical (unpaired) electrons. The molecule has 1 aromatic rings. The zero-order valence-electron chi connectivity index (χ0n) is 8.71. The van der Waals surface area contributed by atoms with Crippen LogP contribution in [0.3, 0.4) is 0 Å². The molecule has 0 saturated heterocycles. The van der Waals surface area contributed by atoms with Gasteiger partial charge in [0.05, 0.1) is 11.1 Å². The summed E-state index contributed by atoms with van der Waals surface area (Å²) < 4.78 is 13.1. The van der Waals surface area contributed by atoms with Crippen molar-refractivity contribution in [1.82, 2.24) is 0 Å². The number of rotatable bonds is 4. The van der Waals surface area contributed by atoms with Crippen LogP contribution in [-0.2, 0) is 5.75 Å². The number of benzene rings is 1. The SMILES string of the molecule is CC(O)C(C)SCc1ccc(Cl)c(F)c1. The third-order valence-corrected chi connectivity index (χ3v) is 3.90. The van der Waals surface area contributed by atoms with Gasteiger partial charge in [0.1, 0.15) is 5.82 Å². The van der Waals surface area contributed by atoms with E-state index < -0.39 is 0 Å². The molecule has 0 aliphatic rings. The Balaban J connectivity index is 2.55. The van der Waals surface area contributed by atoms with Crippen LogP contribution in [0.2, 0.25) is 5.02 Å². The third kappa shape index (κ3) is 4.01. The van der Waals surface area contributed by atoms with Crippen molar-refractivity contribution in [2.75, 3.05) is 0 Å². The van der Waals surface area contributed by atoms with Crippen LogP contribution in [0.25, 0.3) is 0 Å². The van der Waals surface area contributed by atoms with Gasteiger partial charge in [0, 0.05) is 11.0 Å². The number of aliphatic hydroxyl groups is 1. The lowest BCUT2D eigenvalue weighted by molar-refractivity contribution is 0.196. The molecule has 0 fully saturated rings. The molecule has 0 aliphatic heterocycles. The summed E-state index contributed by atoms with van der Waals surface area (Å²) >= 11 is 7.16. The van der Waals surface area contributed by atoms with Crippen molar-refractivity contribution in [3.63, 3.8) is 0 Å². The predicted octanol–water partition coefficient (Wildman–Crippen LogP) is 3.48. The Bertz CT molecular complexity index is 330. The average Bonchev–Trinajstić information content (AvgIpc) is 2.19. The molecule has 1 nitrogen and oxygen atoms in total. The maximum Gasteiger partial charge on any atom is 0.142 e. The molecule has 2 unspecified atom stereocenters. The standard InChI is InChI=1S/C11H14ClFOS/c1-7(14)8(2)15-6-9-3-4-10(12)11(13)5-9/h3-5,7-8,14H,6H2,1-2H3. The molecule has 0 aliphatic carbocycles. The first-order valence-corrected chi connectivity index (χ1v) is 6.17. The van der Waals surface area contributed by atoms with Gasteiger partial charge in [-0.2, -0.15) is 11.8 Å². The molecule has 0 saturated carbocycles. The highest BCUT2D eigenvalue weighted by molar-refractivity contribution is 7.99. The first-order valence-electron chi connectivity index (χ1n) is 4.74. The van der Waals surface area contributed by atoms with E-state index in [1.165, 1.54) is 6.07 Å². The molecular weight excluding hydrogens is 235 g/mol. The van der Waals surface area contributed by atoms with Gasteiger partial charge >= 0.3 is 0 Å². The third-order valence-electron chi connectivity index (χ3n) is 2.18. The smallest absolute Gasteiger partial charge is 0.142 e. The highest BCUT2D eigenvalue weighted by atomic mass is 35.5. The van der Waals surface area contributed by atoms with Gasteiger partial charge < -0.3 is 5.11 Å². The van der Waals surface area contributed by atoms with Crippen LogP contribution in [0.5, 0.6) is 0 Å². The van der Waals surface area contributed by atoms with Gasteiger partial charge in [-0.05, 0) is 24.6 Å². The number of hydrogen-bond acceptors (Lipinski definition) is 2. The Morgan fingerprint density at radius 1 is 1.47 bits per heavy atom. The second kappa shape index (κ2) is 5.73. The van der Waals surface area contributed by atoms with Crippen molar-refractivity contribution in [2.45, 2.75) is 31.0 Å². The number of thioether (sulfide) groups is 1. The minimum Gasteiger partial charge on any atom is -0.392 e. The van der Waals surface area contributed by atoms with Crippen LogP contribution < -0.4 is 0 Å². The van der Waals surface area contributed by atoms with E-state index in [0.29, 0.717) is 5.75 Å². The predicted molar refractivity (Wildman–Crippen MR) is 63.8 cm³/mol. The fourth-order valence-electron chi connectivity index (χ4n) is 0.996. The number of aliphatic hydroxyl groups excluding tert-OH is 1. The normalized spacial score (nSPS) is 15.0. The van der Waals surface area contributed by atoms with Gasteiger partial charge in [-0.15, -0.1) is 0 Å². The van der Waals surface area contributed by atoms with Crippen LogP contribution in [0.1, 0.15) is 19.4 Å². The summed E-state index contributed by atoms with van der Waals surface area (Å²) in [5, 5.41) is 9.57. The molecule has 84 valence electrons. The van der Waals surface area contributed by atoms with Crippen molar-refractivity contribution in [3.05, 3.63) is 34.6 Å². The van der Waals surface area contributed by atoms with E-state index in [-0.39, 0.29) is 22.2 Å². The van der Waals surface area contributed by atoms with E-state index >= 15 is 0 Å². The monoisotopic (exact) mass is 248 g/mol. The summed E-state index contributed by atoms with van der Waals surface area (Å²) in [6.07, 6.45) is -0.354. The first kappa shape index (κ1) is 12.8. The molecule has 0 spiro atoms. The molecule has 4 heteroatoms. The van der Waals surface area contributed by atoms with E-state index in [1.807, 2.05) is 6.92 Å². The molecule has 1 rings (SSSR count). The zero-order chi connectivity index (χ0) is 11.4. The number of halogens is 2. The van der Waals surface area contributed by atoms with Crippen LogP contribution >= 0.6 is 23.4 Å². The Labute approximate surface area is 98.6 Å². The molecule has 15 heavy (non-hydrogen) atoms. The van der Waals surface area contributed by atoms with Gasteiger partial charge in [0.25, 0.3) is 0 Å². The van der Waals surface area contributed by atoms with Crippen molar-refractivity contribution >= 4 is 23.4 Å². The lowest BCUT2D eigenvalue weighted by Gasteiger charge is -2.13. The first-order chi connectivity index (χ1) is 7.00. The molecule has 0 amide bonds. The average molecular weight is 249 g/mol. The van der Waals surface area contributed by atoms with E-state index in [2.05, 4.69) is 0 Å². The molecule has 1 N–H and O–H groups in total. The molecule has 1 aromatic carbocycles. The lowest BCUT2D eigenvalue weighted by atomic mass is 10.2. The molecular formula is C11H14ClFOS. The largest absolute Gasteiger partial charge is 0.392 e. The fourth-order valence-corrected chi connectivity index (χ4v) is 2.03. The van der Waals surface area contributed by atoms with Gasteiger partial charge in [-0.25, -0.2) is 4.39 Å². The summed E-state index contributed by atoms with van der Waals surface area (Å²) in [6, 6.07) is 4.79. The van der Waals surface area contributed by atoms with Crippen molar-refractivity contribution in [2.24, 2.45) is 0 Å². The minimum atomic E-state index is -0.389. The highest BCUT2D eigenvalue weighted by Gasteiger charge is 2.09. The highest BCUT2D eigenvalue weighted by Crippen LogP contribution is 2.22. The van der Waals surface area contributed by atoms with Gasteiger partial charge in [-0.3, -0.25) is 0 Å². The van der Waals surface area contributed by atoms with Gasteiger partial charge in [0.15, 0.2) is 0 Å². The Morgan fingerprint density at radius 2 is 2.13 bits per heavy atom. The summed E-state index contributed by atoms with van der Waals surface area (Å²) in [4.78, 5) is 0. The summed E-state index contributed by atoms with van der Waals surface area (Å²) in [5.74, 6) is 0.291. The van der Waals surface area contributed by atoms with Crippen LogP contribution in [-0.4, -0.2) is 16.5 Å². The van der Waals surface area contributed by atoms with Crippen LogP contribution in [0.4, 0.5) is 4.39 Å². The topological polar surface area (TPSA) is 20.2 Å². The van der Waals surface area contributed by atoms with Crippen molar-refractivity contribution < 1.29 is 9.50 Å². The molecule has 0 aromatic heterocycles. The fraction of sp³-hybridized carbons (Fsp3) is 0.455. The summed E-state index contributed by atoms with van der Waals surface area (Å²) in [6.45, 7) is 3.70. The molecule has 0 bridgehead atoms. The number of hydrogen-bond donors (Lipinski definition) is 1. The Hall–Kier alpha value is -0.250. The van der Waals surface area contributed by atoms with Gasteiger partial charge in [0.2, 0.25) is 0 Å². The van der Waals surface area contributed by atoms with Crippen molar-refractivity contribution in [3.8, 4) is 0 Å². The van der Waals surface area contributed by atoms with E-state index in [9.17, 15) is 9.50 Å². The van der Waals surface area contributed by atoms with Crippen LogP contribution in [0, 0.1) is 5.82 Å². The van der Waals surface area contributed by atoms with E-state index in [1.54, 1.807) is 30.8 Å². The van der Waals surface area contributed by atoms with Gasteiger partial charge in [-0.1, -0.05) is 24.6 Å². The minimum absolute atomic E-state index is 0.142. The zero-order valence-corrected chi connectivity index (χ0v) is 10.3.